The standard InChI is InChI=1S/C36H32ClN7O3S/c1-43(2)21-9-16-34(45)39-25-17-19-29(20-18-25)48(46,47)42-27-11-8-10-26(22-27)40-36-38-23-32(37)35(41-36)31-24-44(28-12-4-3-5-13-28)33-15-7-6-14-30(31)33/h3-20,22-24,42H,21H2,1-2H3,(H,39,45)(H,38,40,41)/b16-9+. The first-order chi connectivity index (χ1) is 23.2. The number of likely N-dealkylation sites (N-methyl/N-ethyl adjacent to an activating group) is 1. The van der Waals surface area contributed by atoms with E-state index < -0.39 is 10.0 Å². The maximum atomic E-state index is 13.2. The van der Waals surface area contributed by atoms with Crippen molar-refractivity contribution < 1.29 is 13.2 Å². The average Bonchev–Trinajstić information content (AvgIpc) is 3.46. The fourth-order valence-corrected chi connectivity index (χ4v) is 6.30. The summed E-state index contributed by atoms with van der Waals surface area (Å²) in [5, 5.41) is 7.27. The van der Waals surface area contributed by atoms with E-state index in [0.717, 1.165) is 22.2 Å². The van der Waals surface area contributed by atoms with E-state index >= 15 is 0 Å². The van der Waals surface area contributed by atoms with Crippen molar-refractivity contribution in [3.05, 3.63) is 133 Å². The van der Waals surface area contributed by atoms with Crippen molar-refractivity contribution in [2.24, 2.45) is 0 Å². The number of nitrogens with zero attached hydrogens (tertiary/aromatic N) is 4. The summed E-state index contributed by atoms with van der Waals surface area (Å²) in [5.74, 6) is -0.00855. The lowest BCUT2D eigenvalue weighted by atomic mass is 10.1. The van der Waals surface area contributed by atoms with Crippen LogP contribution in [0.2, 0.25) is 5.02 Å². The lowest BCUT2D eigenvalue weighted by Crippen LogP contribution is -2.14. The summed E-state index contributed by atoms with van der Waals surface area (Å²) < 4.78 is 31.1. The third kappa shape index (κ3) is 7.55. The zero-order valence-corrected chi connectivity index (χ0v) is 27.7. The maximum absolute atomic E-state index is 13.2. The number of aromatic nitrogens is 3. The van der Waals surface area contributed by atoms with Gasteiger partial charge >= 0.3 is 0 Å². The van der Waals surface area contributed by atoms with Crippen LogP contribution >= 0.6 is 11.6 Å². The van der Waals surface area contributed by atoms with Gasteiger partial charge in [0.25, 0.3) is 10.0 Å². The molecule has 3 N–H and O–H groups in total. The molecule has 1 amide bonds. The predicted octanol–water partition coefficient (Wildman–Crippen LogP) is 7.34. The number of amides is 1. The number of hydrogen-bond acceptors (Lipinski definition) is 7. The predicted molar refractivity (Wildman–Crippen MR) is 193 cm³/mol. The van der Waals surface area contributed by atoms with Gasteiger partial charge in [0.2, 0.25) is 11.9 Å². The molecule has 0 radical (unpaired) electrons. The Hall–Kier alpha value is -5.49. The molecule has 2 heterocycles. The third-order valence-corrected chi connectivity index (χ3v) is 8.96. The van der Waals surface area contributed by atoms with Crippen LogP contribution in [0.25, 0.3) is 27.8 Å². The number of nitrogens with one attached hydrogen (secondary N) is 3. The van der Waals surface area contributed by atoms with Crippen LogP contribution < -0.4 is 15.4 Å². The van der Waals surface area contributed by atoms with Crippen molar-refractivity contribution in [2.75, 3.05) is 36.0 Å². The molecule has 0 aliphatic carbocycles. The van der Waals surface area contributed by atoms with Gasteiger partial charge < -0.3 is 20.1 Å². The van der Waals surface area contributed by atoms with Crippen molar-refractivity contribution >= 4 is 61.4 Å². The van der Waals surface area contributed by atoms with E-state index in [1.165, 1.54) is 30.3 Å². The van der Waals surface area contributed by atoms with Gasteiger partial charge in [-0.1, -0.05) is 60.1 Å². The van der Waals surface area contributed by atoms with Gasteiger partial charge in [-0.3, -0.25) is 9.52 Å². The Labute approximate surface area is 283 Å². The Bertz CT molecular complexity index is 2220. The molecule has 0 saturated carbocycles. The highest BCUT2D eigenvalue weighted by Crippen LogP contribution is 2.35. The summed E-state index contributed by atoms with van der Waals surface area (Å²) in [5.41, 5.74) is 4.80. The van der Waals surface area contributed by atoms with Crippen LogP contribution in [0.5, 0.6) is 0 Å². The molecular formula is C36H32ClN7O3S. The Balaban J connectivity index is 1.19. The summed E-state index contributed by atoms with van der Waals surface area (Å²) >= 11 is 6.65. The van der Waals surface area contributed by atoms with Crippen molar-refractivity contribution in [3.8, 4) is 16.9 Å². The minimum Gasteiger partial charge on any atom is -0.324 e. The minimum atomic E-state index is -3.92. The molecule has 0 aliphatic heterocycles. The highest BCUT2D eigenvalue weighted by Gasteiger charge is 2.18. The summed E-state index contributed by atoms with van der Waals surface area (Å²) in [6.07, 6.45) is 6.73. The molecule has 6 rings (SSSR count). The van der Waals surface area contributed by atoms with Crippen LogP contribution in [-0.2, 0) is 14.8 Å². The molecule has 0 saturated heterocycles. The van der Waals surface area contributed by atoms with E-state index in [1.807, 2.05) is 79.8 Å². The van der Waals surface area contributed by atoms with E-state index in [4.69, 9.17) is 16.6 Å². The van der Waals surface area contributed by atoms with E-state index in [0.29, 0.717) is 40.3 Å². The fraction of sp³-hybridized carbons (Fsp3) is 0.0833. The monoisotopic (exact) mass is 677 g/mol. The fourth-order valence-electron chi connectivity index (χ4n) is 5.06. The van der Waals surface area contributed by atoms with E-state index in [2.05, 4.69) is 24.9 Å². The number of benzene rings is 4. The molecule has 0 bridgehead atoms. The Kier molecular flexibility index (Phi) is 9.53. The minimum absolute atomic E-state index is 0.0438. The van der Waals surface area contributed by atoms with E-state index in [-0.39, 0.29) is 10.8 Å². The molecular weight excluding hydrogens is 646 g/mol. The van der Waals surface area contributed by atoms with Crippen molar-refractivity contribution in [1.82, 2.24) is 19.4 Å². The quantitative estimate of drug-likeness (QED) is 0.123. The number of carbonyl (C=O) groups is 1. The normalized spacial score (nSPS) is 11.7. The van der Waals surface area contributed by atoms with Gasteiger partial charge in [-0.15, -0.1) is 0 Å². The molecule has 0 aliphatic rings. The van der Waals surface area contributed by atoms with Crippen molar-refractivity contribution in [1.29, 1.82) is 0 Å². The Morgan fingerprint density at radius 2 is 1.62 bits per heavy atom. The second kappa shape index (κ2) is 14.1. The first-order valence-electron chi connectivity index (χ1n) is 15.0. The molecule has 2 aromatic heterocycles. The number of fused-ring (bicyclic) bond motifs is 1. The largest absolute Gasteiger partial charge is 0.324 e. The van der Waals surface area contributed by atoms with Gasteiger partial charge in [0.1, 0.15) is 0 Å². The zero-order chi connectivity index (χ0) is 33.7. The van der Waals surface area contributed by atoms with Crippen molar-refractivity contribution in [3.63, 3.8) is 0 Å². The SMILES string of the molecule is CN(C)C/C=C/C(=O)Nc1ccc(S(=O)(=O)Nc2cccc(Nc3ncc(Cl)c(-c4cn(-c5ccccc5)c5ccccc45)n3)c2)cc1. The highest BCUT2D eigenvalue weighted by molar-refractivity contribution is 7.92. The molecule has 48 heavy (non-hydrogen) atoms. The Morgan fingerprint density at radius 3 is 2.40 bits per heavy atom. The molecule has 0 atom stereocenters. The van der Waals surface area contributed by atoms with Crippen molar-refractivity contribution in [2.45, 2.75) is 4.90 Å². The van der Waals surface area contributed by atoms with Crippen LogP contribution in [0, 0.1) is 0 Å². The smallest absolute Gasteiger partial charge is 0.261 e. The molecule has 12 heteroatoms. The molecule has 10 nitrogen and oxygen atoms in total. The molecule has 0 spiro atoms. The summed E-state index contributed by atoms with van der Waals surface area (Å²) in [4.78, 5) is 23.2. The number of carbonyl (C=O) groups excluding carboxylic acids is 1. The number of para-hydroxylation sites is 2. The molecule has 0 fully saturated rings. The van der Waals surface area contributed by atoms with Gasteiger partial charge in [-0.25, -0.2) is 18.4 Å². The number of anilines is 4. The van der Waals surface area contributed by atoms with Gasteiger partial charge in [-0.05, 0) is 74.8 Å². The van der Waals surface area contributed by atoms with Gasteiger partial charge in [-0.2, -0.15) is 0 Å². The Morgan fingerprint density at radius 1 is 0.896 bits per heavy atom. The van der Waals surface area contributed by atoms with Crippen LogP contribution in [-0.4, -0.2) is 54.4 Å². The molecule has 242 valence electrons. The van der Waals surface area contributed by atoms with Gasteiger partial charge in [0.15, 0.2) is 0 Å². The first kappa shape index (κ1) is 32.5. The average molecular weight is 678 g/mol. The molecule has 4 aromatic carbocycles. The molecule has 6 aromatic rings. The van der Waals surface area contributed by atoms with E-state index in [1.54, 1.807) is 36.5 Å². The number of hydrogen-bond donors (Lipinski definition) is 3. The van der Waals surface area contributed by atoms with Crippen LogP contribution in [0.3, 0.4) is 0 Å². The van der Waals surface area contributed by atoms with Crippen LogP contribution in [0.1, 0.15) is 0 Å². The second-order valence-corrected chi connectivity index (χ2v) is 13.2. The van der Waals surface area contributed by atoms with Crippen LogP contribution in [0.15, 0.2) is 133 Å². The maximum Gasteiger partial charge on any atom is 0.261 e. The molecule has 0 unspecified atom stereocenters. The summed E-state index contributed by atoms with van der Waals surface area (Å²) in [7, 11) is -0.118. The number of sulfonamides is 1. The van der Waals surface area contributed by atoms with Gasteiger partial charge in [0.05, 0.1) is 33.0 Å². The first-order valence-corrected chi connectivity index (χ1v) is 16.8. The van der Waals surface area contributed by atoms with Crippen LogP contribution in [0.4, 0.5) is 23.0 Å². The number of rotatable bonds is 11. The summed E-state index contributed by atoms with van der Waals surface area (Å²) in [6, 6.07) is 30.8. The highest BCUT2D eigenvalue weighted by atomic mass is 35.5. The third-order valence-electron chi connectivity index (χ3n) is 7.29. The summed E-state index contributed by atoms with van der Waals surface area (Å²) in [6.45, 7) is 0.627. The second-order valence-electron chi connectivity index (χ2n) is 11.1. The number of halogens is 1. The van der Waals surface area contributed by atoms with Gasteiger partial charge in [0, 0.05) is 46.8 Å². The van der Waals surface area contributed by atoms with E-state index in [9.17, 15) is 13.2 Å². The zero-order valence-electron chi connectivity index (χ0n) is 26.1. The lowest BCUT2D eigenvalue weighted by molar-refractivity contribution is -0.111. The topological polar surface area (TPSA) is 121 Å². The lowest BCUT2D eigenvalue weighted by Gasteiger charge is -2.12.